The van der Waals surface area contributed by atoms with Crippen molar-refractivity contribution in [3.05, 3.63) is 49.1 Å². The molecule has 240 valence electrons. The zero-order valence-electron chi connectivity index (χ0n) is 25.1. The highest BCUT2D eigenvalue weighted by atomic mass is 16.6. The summed E-state index contributed by atoms with van der Waals surface area (Å²) in [6, 6.07) is 4.38. The number of ether oxygens (including phenoxy) is 6. The van der Waals surface area contributed by atoms with E-state index in [1.165, 1.54) is 18.2 Å². The van der Waals surface area contributed by atoms with Crippen LogP contribution in [0.1, 0.15) is 74.6 Å². The van der Waals surface area contributed by atoms with Crippen LogP contribution in [-0.4, -0.2) is 68.8 Å². The molecule has 0 aromatic heterocycles. The van der Waals surface area contributed by atoms with Gasteiger partial charge >= 0.3 is 23.9 Å². The van der Waals surface area contributed by atoms with Crippen molar-refractivity contribution in [3.63, 3.8) is 0 Å². The first-order chi connectivity index (χ1) is 21.3. The van der Waals surface area contributed by atoms with Gasteiger partial charge in [-0.15, -0.1) is 0 Å². The lowest BCUT2D eigenvalue weighted by Crippen LogP contribution is -2.29. The van der Waals surface area contributed by atoms with Crippen LogP contribution in [0.3, 0.4) is 0 Å². The minimum absolute atomic E-state index is 0.0248. The maximum Gasteiger partial charge on any atom is 0.330 e. The Kier molecular flexibility index (Phi) is 14.8. The van der Waals surface area contributed by atoms with Crippen LogP contribution >= 0.6 is 0 Å². The third-order valence-corrected chi connectivity index (χ3v) is 7.66. The van der Waals surface area contributed by atoms with Crippen molar-refractivity contribution in [3.8, 4) is 11.5 Å². The fourth-order valence-electron chi connectivity index (χ4n) is 5.18. The van der Waals surface area contributed by atoms with Crippen LogP contribution < -0.4 is 9.47 Å². The fourth-order valence-corrected chi connectivity index (χ4v) is 5.18. The molecule has 44 heavy (non-hydrogen) atoms. The van der Waals surface area contributed by atoms with E-state index >= 15 is 0 Å². The van der Waals surface area contributed by atoms with Gasteiger partial charge in [-0.25, -0.2) is 9.59 Å². The highest BCUT2D eigenvalue weighted by Crippen LogP contribution is 2.31. The summed E-state index contributed by atoms with van der Waals surface area (Å²) in [5.74, 6) is -1.97. The number of aldehydes is 1. The van der Waals surface area contributed by atoms with E-state index in [0.29, 0.717) is 83.7 Å². The SMILES string of the molecule is C=CC(=O)OCCCOC1CCC(C(=O)Oc2ccc(OC(=O)C3CCC(OCCCOC(=O)C=C)CC3)c(C=O)c2)CC1. The highest BCUT2D eigenvalue weighted by Gasteiger charge is 2.30. The number of hydrogen-bond donors (Lipinski definition) is 0. The smallest absolute Gasteiger partial charge is 0.330 e. The molecule has 0 amide bonds. The summed E-state index contributed by atoms with van der Waals surface area (Å²) < 4.78 is 32.6. The summed E-state index contributed by atoms with van der Waals surface area (Å²) in [6.45, 7) is 8.14. The predicted octanol–water partition coefficient (Wildman–Crippen LogP) is 4.70. The largest absolute Gasteiger partial charge is 0.462 e. The molecule has 2 saturated carbocycles. The molecule has 3 rings (SSSR count). The lowest BCUT2D eigenvalue weighted by Gasteiger charge is -2.27. The van der Waals surface area contributed by atoms with Crippen molar-refractivity contribution in [2.75, 3.05) is 26.4 Å². The molecule has 1 aromatic rings. The Bertz CT molecular complexity index is 1140. The van der Waals surface area contributed by atoms with Crippen LogP contribution in [0, 0.1) is 11.8 Å². The molecule has 0 radical (unpaired) electrons. The number of hydrogen-bond acceptors (Lipinski definition) is 11. The van der Waals surface area contributed by atoms with Gasteiger partial charge in [-0.2, -0.15) is 0 Å². The zero-order chi connectivity index (χ0) is 31.7. The second-order valence-corrected chi connectivity index (χ2v) is 10.8. The van der Waals surface area contributed by atoms with E-state index in [4.69, 9.17) is 28.4 Å². The van der Waals surface area contributed by atoms with Gasteiger partial charge in [0.2, 0.25) is 0 Å². The molecule has 2 aliphatic rings. The monoisotopic (exact) mass is 614 g/mol. The standard InChI is InChI=1S/C33H42O11/c1-3-30(35)41-19-5-17-39-26-11-7-23(8-12-26)32(37)43-28-15-16-29(25(21-28)22-34)44-33(38)24-9-13-27(14-10-24)40-18-6-20-42-31(36)4-2/h3-4,15-16,21-24,26-27H,1-2,5-14,17-20H2. The Labute approximate surface area is 257 Å². The van der Waals surface area contributed by atoms with E-state index in [1.54, 1.807) is 0 Å². The Hall–Kier alpha value is -3.83. The summed E-state index contributed by atoms with van der Waals surface area (Å²) in [4.78, 5) is 59.4. The molecule has 0 saturated heterocycles. The van der Waals surface area contributed by atoms with Crippen molar-refractivity contribution in [1.29, 1.82) is 0 Å². The third kappa shape index (κ3) is 11.7. The van der Waals surface area contributed by atoms with Crippen LogP contribution in [0.15, 0.2) is 43.5 Å². The number of benzene rings is 1. The number of carbonyl (C=O) groups is 5. The van der Waals surface area contributed by atoms with Crippen LogP contribution in [0.4, 0.5) is 0 Å². The van der Waals surface area contributed by atoms with Gasteiger partial charge in [-0.1, -0.05) is 13.2 Å². The summed E-state index contributed by atoms with van der Waals surface area (Å²) >= 11 is 0. The van der Waals surface area contributed by atoms with Crippen molar-refractivity contribution >= 4 is 30.2 Å². The first kappa shape index (κ1) is 34.7. The Balaban J connectivity index is 1.36. The Morgan fingerprint density at radius 2 is 1.16 bits per heavy atom. The van der Waals surface area contributed by atoms with Crippen LogP contribution in [0.25, 0.3) is 0 Å². The van der Waals surface area contributed by atoms with E-state index in [-0.39, 0.29) is 60.3 Å². The topological polar surface area (TPSA) is 141 Å². The van der Waals surface area contributed by atoms with Crippen LogP contribution in [0.2, 0.25) is 0 Å². The molecular weight excluding hydrogens is 572 g/mol. The van der Waals surface area contributed by atoms with Gasteiger partial charge in [-0.3, -0.25) is 14.4 Å². The fraction of sp³-hybridized carbons (Fsp3) is 0.545. The molecule has 0 unspecified atom stereocenters. The molecule has 2 fully saturated rings. The third-order valence-electron chi connectivity index (χ3n) is 7.66. The Morgan fingerprint density at radius 1 is 0.682 bits per heavy atom. The maximum atomic E-state index is 12.8. The molecular formula is C33H42O11. The van der Waals surface area contributed by atoms with E-state index in [2.05, 4.69) is 13.2 Å². The maximum absolute atomic E-state index is 12.8. The molecule has 11 nitrogen and oxygen atoms in total. The number of rotatable bonds is 17. The van der Waals surface area contributed by atoms with Gasteiger partial charge in [0.05, 0.1) is 56.0 Å². The molecule has 1 aromatic carbocycles. The van der Waals surface area contributed by atoms with Gasteiger partial charge < -0.3 is 28.4 Å². The Morgan fingerprint density at radius 3 is 1.61 bits per heavy atom. The van der Waals surface area contributed by atoms with Crippen molar-refractivity contribution in [1.82, 2.24) is 0 Å². The van der Waals surface area contributed by atoms with Crippen LogP contribution in [0.5, 0.6) is 11.5 Å². The van der Waals surface area contributed by atoms with Gasteiger partial charge in [0.15, 0.2) is 6.29 Å². The highest BCUT2D eigenvalue weighted by molar-refractivity contribution is 5.84. The van der Waals surface area contributed by atoms with Gasteiger partial charge in [0.1, 0.15) is 11.5 Å². The predicted molar refractivity (Wildman–Crippen MR) is 158 cm³/mol. The first-order valence-corrected chi connectivity index (χ1v) is 15.2. The second kappa shape index (κ2) is 18.7. The van der Waals surface area contributed by atoms with Crippen molar-refractivity contribution in [2.24, 2.45) is 11.8 Å². The summed E-state index contributed by atoms with van der Waals surface area (Å²) in [7, 11) is 0. The molecule has 2 aliphatic carbocycles. The molecule has 0 N–H and O–H groups in total. The van der Waals surface area contributed by atoms with E-state index in [0.717, 1.165) is 12.2 Å². The molecule has 0 bridgehead atoms. The number of esters is 4. The van der Waals surface area contributed by atoms with E-state index in [9.17, 15) is 24.0 Å². The summed E-state index contributed by atoms with van der Waals surface area (Å²) in [5, 5.41) is 0. The van der Waals surface area contributed by atoms with E-state index < -0.39 is 17.9 Å². The lowest BCUT2D eigenvalue weighted by molar-refractivity contribution is -0.142. The van der Waals surface area contributed by atoms with Gasteiger partial charge in [-0.05, 0) is 69.6 Å². The molecule has 0 aliphatic heterocycles. The average Bonchev–Trinajstić information content (AvgIpc) is 3.05. The average molecular weight is 615 g/mol. The van der Waals surface area contributed by atoms with E-state index in [1.807, 2.05) is 0 Å². The van der Waals surface area contributed by atoms with Crippen molar-refractivity contribution < 1.29 is 52.4 Å². The van der Waals surface area contributed by atoms with Gasteiger partial charge in [0.25, 0.3) is 0 Å². The molecule has 0 heterocycles. The van der Waals surface area contributed by atoms with Gasteiger partial charge in [0, 0.05) is 25.0 Å². The molecule has 0 atom stereocenters. The second-order valence-electron chi connectivity index (χ2n) is 10.8. The minimum atomic E-state index is -0.460. The quantitative estimate of drug-likeness (QED) is 0.0793. The number of carbonyl (C=O) groups excluding carboxylic acids is 5. The zero-order valence-corrected chi connectivity index (χ0v) is 25.1. The first-order valence-electron chi connectivity index (χ1n) is 15.2. The molecule has 11 heteroatoms. The minimum Gasteiger partial charge on any atom is -0.462 e. The normalized spacial score (nSPS) is 21.4. The summed E-state index contributed by atoms with van der Waals surface area (Å²) in [6.07, 6.45) is 9.27. The lowest BCUT2D eigenvalue weighted by atomic mass is 9.87. The van der Waals surface area contributed by atoms with Crippen LogP contribution in [-0.2, 0) is 38.1 Å². The van der Waals surface area contributed by atoms with Crippen molar-refractivity contribution in [2.45, 2.75) is 76.4 Å². The summed E-state index contributed by atoms with van der Waals surface area (Å²) in [5.41, 5.74) is 0.119. The molecule has 0 spiro atoms.